The second-order valence-electron chi connectivity index (χ2n) is 5.15. The van der Waals surface area contributed by atoms with Gasteiger partial charge in [0.25, 0.3) is 5.56 Å². The Labute approximate surface area is 123 Å². The number of nitrogens with zero attached hydrogens (tertiary/aromatic N) is 3. The molecule has 0 atom stereocenters. The molecule has 22 heavy (non-hydrogen) atoms. The van der Waals surface area contributed by atoms with Gasteiger partial charge < -0.3 is 9.88 Å². The number of hydrogen-bond acceptors (Lipinski definition) is 4. The van der Waals surface area contributed by atoms with E-state index in [1.54, 1.807) is 11.8 Å². The van der Waals surface area contributed by atoms with E-state index >= 15 is 0 Å². The quantitative estimate of drug-likeness (QED) is 0.876. The average molecular weight is 310 g/mol. The van der Waals surface area contributed by atoms with Crippen LogP contribution >= 0.6 is 0 Å². The first-order valence-electron chi connectivity index (χ1n) is 6.71. The van der Waals surface area contributed by atoms with Crippen LogP contribution in [0.2, 0.25) is 0 Å². The van der Waals surface area contributed by atoms with Gasteiger partial charge in [0, 0.05) is 19.2 Å². The van der Waals surface area contributed by atoms with Crippen molar-refractivity contribution in [2.24, 2.45) is 0 Å². The number of H-pyrrole nitrogens is 1. The molecule has 8 heteroatoms. The van der Waals surface area contributed by atoms with Gasteiger partial charge in [0.15, 0.2) is 0 Å². The van der Waals surface area contributed by atoms with Crippen LogP contribution < -0.4 is 10.5 Å². The van der Waals surface area contributed by atoms with Crippen molar-refractivity contribution < 1.29 is 13.2 Å². The normalized spacial score (nSPS) is 14.8. The van der Waals surface area contributed by atoms with Crippen LogP contribution in [0.1, 0.15) is 22.6 Å². The van der Waals surface area contributed by atoms with Crippen molar-refractivity contribution in [1.82, 2.24) is 15.0 Å². The van der Waals surface area contributed by atoms with Crippen molar-refractivity contribution in [3.05, 3.63) is 51.3 Å². The number of fused-ring (bicyclic) bond motifs is 1. The highest BCUT2D eigenvalue weighted by Gasteiger charge is 2.31. The first-order valence-corrected chi connectivity index (χ1v) is 6.71. The number of anilines is 1. The summed E-state index contributed by atoms with van der Waals surface area (Å²) in [4.78, 5) is 24.5. The van der Waals surface area contributed by atoms with Crippen LogP contribution in [0.25, 0.3) is 0 Å². The molecule has 0 fully saturated rings. The number of rotatable bonds is 1. The molecule has 0 aliphatic carbocycles. The number of aromatic nitrogens is 3. The minimum absolute atomic E-state index is 0.201. The van der Waals surface area contributed by atoms with E-state index < -0.39 is 11.7 Å². The molecule has 5 nitrogen and oxygen atoms in total. The Kier molecular flexibility index (Phi) is 3.38. The van der Waals surface area contributed by atoms with Crippen LogP contribution in [0.3, 0.4) is 0 Å². The third-order valence-corrected chi connectivity index (χ3v) is 3.58. The molecule has 1 N–H and O–H groups in total. The van der Waals surface area contributed by atoms with Gasteiger partial charge in [0.2, 0.25) is 0 Å². The molecule has 3 heterocycles. The lowest BCUT2D eigenvalue weighted by Gasteiger charge is -2.29. The van der Waals surface area contributed by atoms with Gasteiger partial charge in [-0.05, 0) is 19.1 Å². The molecule has 1 aliphatic rings. The van der Waals surface area contributed by atoms with Crippen molar-refractivity contribution in [3.63, 3.8) is 0 Å². The van der Waals surface area contributed by atoms with E-state index in [0.717, 1.165) is 18.3 Å². The standard InChI is InChI=1S/C14H13F3N4O/c1-8-19-11-3-5-21(7-10(11)13(22)20-8)12-6-9(2-4-18-12)14(15,16)17/h2,4,6H,3,5,7H2,1H3,(H,19,20,22). The van der Waals surface area contributed by atoms with Crippen LogP contribution in [-0.2, 0) is 19.1 Å². The summed E-state index contributed by atoms with van der Waals surface area (Å²) in [7, 11) is 0. The SMILES string of the molecule is Cc1nc2c(c(=O)[nH]1)CN(c1cc(C(F)(F)F)ccn1)CC2. The minimum Gasteiger partial charge on any atom is -0.352 e. The zero-order valence-corrected chi connectivity index (χ0v) is 11.7. The van der Waals surface area contributed by atoms with Crippen LogP contribution in [0, 0.1) is 6.92 Å². The van der Waals surface area contributed by atoms with Gasteiger partial charge in [0.05, 0.1) is 23.4 Å². The lowest BCUT2D eigenvalue weighted by Crippen LogP contribution is -2.36. The maximum absolute atomic E-state index is 12.8. The Morgan fingerprint density at radius 2 is 2.14 bits per heavy atom. The van der Waals surface area contributed by atoms with Gasteiger partial charge in [-0.1, -0.05) is 0 Å². The molecule has 0 saturated heterocycles. The number of aromatic amines is 1. The van der Waals surface area contributed by atoms with E-state index in [0.29, 0.717) is 30.0 Å². The molecule has 2 aromatic heterocycles. The molecule has 0 aromatic carbocycles. The van der Waals surface area contributed by atoms with Crippen molar-refractivity contribution in [3.8, 4) is 0 Å². The average Bonchev–Trinajstić information content (AvgIpc) is 2.46. The van der Waals surface area contributed by atoms with Gasteiger partial charge in [-0.25, -0.2) is 9.97 Å². The molecule has 3 rings (SSSR count). The Hall–Kier alpha value is -2.38. The molecule has 0 spiro atoms. The topological polar surface area (TPSA) is 61.9 Å². The van der Waals surface area contributed by atoms with E-state index in [-0.39, 0.29) is 17.9 Å². The summed E-state index contributed by atoms with van der Waals surface area (Å²) in [5.41, 5.74) is 0.180. The van der Waals surface area contributed by atoms with Crippen molar-refractivity contribution in [2.45, 2.75) is 26.1 Å². The highest BCUT2D eigenvalue weighted by atomic mass is 19.4. The fraction of sp³-hybridized carbons (Fsp3) is 0.357. The predicted molar refractivity (Wildman–Crippen MR) is 73.6 cm³/mol. The van der Waals surface area contributed by atoms with E-state index in [4.69, 9.17) is 0 Å². The summed E-state index contributed by atoms with van der Waals surface area (Å²) in [5.74, 6) is 0.745. The van der Waals surface area contributed by atoms with Crippen LogP contribution in [0.15, 0.2) is 23.1 Å². The number of nitrogens with one attached hydrogen (secondary N) is 1. The van der Waals surface area contributed by atoms with Gasteiger partial charge in [-0.3, -0.25) is 4.79 Å². The Morgan fingerprint density at radius 3 is 2.86 bits per heavy atom. The number of aryl methyl sites for hydroxylation is 1. The highest BCUT2D eigenvalue weighted by molar-refractivity contribution is 5.44. The van der Waals surface area contributed by atoms with E-state index in [1.165, 1.54) is 0 Å². The monoisotopic (exact) mass is 310 g/mol. The molecular weight excluding hydrogens is 297 g/mol. The molecule has 1 aliphatic heterocycles. The minimum atomic E-state index is -4.42. The first kappa shape index (κ1) is 14.6. The van der Waals surface area contributed by atoms with E-state index in [1.807, 2.05) is 0 Å². The molecular formula is C14H13F3N4O. The number of halogens is 3. The van der Waals surface area contributed by atoms with Gasteiger partial charge >= 0.3 is 6.18 Å². The smallest absolute Gasteiger partial charge is 0.352 e. The zero-order valence-electron chi connectivity index (χ0n) is 11.7. The second-order valence-corrected chi connectivity index (χ2v) is 5.15. The Morgan fingerprint density at radius 1 is 1.36 bits per heavy atom. The first-order chi connectivity index (χ1) is 10.3. The summed E-state index contributed by atoms with van der Waals surface area (Å²) in [6, 6.07) is 1.93. The van der Waals surface area contributed by atoms with Gasteiger partial charge in [-0.2, -0.15) is 13.2 Å². The highest BCUT2D eigenvalue weighted by Crippen LogP contribution is 2.31. The van der Waals surface area contributed by atoms with Crippen LogP contribution in [-0.4, -0.2) is 21.5 Å². The van der Waals surface area contributed by atoms with Crippen molar-refractivity contribution in [1.29, 1.82) is 0 Å². The predicted octanol–water partition coefficient (Wildman–Crippen LogP) is 2.05. The largest absolute Gasteiger partial charge is 0.416 e. The van der Waals surface area contributed by atoms with Crippen molar-refractivity contribution in [2.75, 3.05) is 11.4 Å². The summed E-state index contributed by atoms with van der Waals surface area (Å²) in [6.07, 6.45) is -2.79. The van der Waals surface area contributed by atoms with E-state index in [2.05, 4.69) is 15.0 Å². The fourth-order valence-corrected chi connectivity index (χ4v) is 2.51. The van der Waals surface area contributed by atoms with Gasteiger partial charge in [0.1, 0.15) is 11.6 Å². The maximum atomic E-state index is 12.8. The lowest BCUT2D eigenvalue weighted by molar-refractivity contribution is -0.137. The third-order valence-electron chi connectivity index (χ3n) is 3.58. The van der Waals surface area contributed by atoms with Crippen LogP contribution in [0.4, 0.5) is 19.0 Å². The van der Waals surface area contributed by atoms with Crippen molar-refractivity contribution >= 4 is 5.82 Å². The van der Waals surface area contributed by atoms with Crippen LogP contribution in [0.5, 0.6) is 0 Å². The summed E-state index contributed by atoms with van der Waals surface area (Å²) in [5, 5.41) is 0. The maximum Gasteiger partial charge on any atom is 0.416 e. The third kappa shape index (κ3) is 2.68. The molecule has 0 amide bonds. The fourth-order valence-electron chi connectivity index (χ4n) is 2.51. The van der Waals surface area contributed by atoms with E-state index in [9.17, 15) is 18.0 Å². The lowest BCUT2D eigenvalue weighted by atomic mass is 10.1. The summed E-state index contributed by atoms with van der Waals surface area (Å²) < 4.78 is 38.3. The molecule has 116 valence electrons. The molecule has 0 saturated carbocycles. The second kappa shape index (κ2) is 5.11. The number of pyridine rings is 1. The molecule has 2 aromatic rings. The molecule has 0 bridgehead atoms. The molecule has 0 radical (unpaired) electrons. The molecule has 0 unspecified atom stereocenters. The summed E-state index contributed by atoms with van der Waals surface area (Å²) >= 11 is 0. The number of alkyl halides is 3. The number of hydrogen-bond donors (Lipinski definition) is 1. The Balaban J connectivity index is 1.94. The van der Waals surface area contributed by atoms with Gasteiger partial charge in [-0.15, -0.1) is 0 Å². The Bertz CT molecular complexity index is 769. The summed E-state index contributed by atoms with van der Waals surface area (Å²) in [6.45, 7) is 2.37. The zero-order chi connectivity index (χ0) is 15.9.